The highest BCUT2D eigenvalue weighted by Gasteiger charge is 2.16. The summed E-state index contributed by atoms with van der Waals surface area (Å²) >= 11 is 7.40. The molecule has 2 aromatic rings. The zero-order chi connectivity index (χ0) is 18.4. The molecule has 0 saturated heterocycles. The van der Waals surface area contributed by atoms with Crippen LogP contribution in [-0.2, 0) is 9.53 Å². The van der Waals surface area contributed by atoms with Crippen LogP contribution >= 0.6 is 22.9 Å². The van der Waals surface area contributed by atoms with E-state index in [1.807, 2.05) is 0 Å². The first-order valence-electron chi connectivity index (χ1n) is 7.42. The number of carbonyl (C=O) groups excluding carboxylic acids is 3. The number of nitrogens with one attached hydrogen (secondary N) is 2. The minimum absolute atomic E-state index is 0.0673. The maximum atomic E-state index is 12.3. The summed E-state index contributed by atoms with van der Waals surface area (Å²) in [5, 5.41) is 7.50. The Morgan fingerprint density at radius 2 is 2.00 bits per heavy atom. The smallest absolute Gasteiger partial charge is 0.307 e. The highest BCUT2D eigenvalue weighted by molar-refractivity contribution is 7.12. The van der Waals surface area contributed by atoms with Crippen molar-refractivity contribution < 1.29 is 19.1 Å². The Bertz CT molecular complexity index is 777. The number of ether oxygens (including phenoxy) is 1. The first kappa shape index (κ1) is 19.0. The summed E-state index contributed by atoms with van der Waals surface area (Å²) in [6.07, 6.45) is 0.0673. The van der Waals surface area contributed by atoms with E-state index in [1.165, 1.54) is 30.6 Å². The van der Waals surface area contributed by atoms with Crippen LogP contribution in [0.5, 0.6) is 0 Å². The molecule has 2 N–H and O–H groups in total. The van der Waals surface area contributed by atoms with Crippen LogP contribution in [-0.4, -0.2) is 30.9 Å². The van der Waals surface area contributed by atoms with E-state index in [0.29, 0.717) is 21.2 Å². The fraction of sp³-hybridized carbons (Fsp3) is 0.235. The third-order valence-electron chi connectivity index (χ3n) is 3.30. The zero-order valence-electron chi connectivity index (χ0n) is 13.7. The second-order valence-corrected chi connectivity index (χ2v) is 6.64. The minimum Gasteiger partial charge on any atom is -0.469 e. The van der Waals surface area contributed by atoms with Crippen molar-refractivity contribution in [3.05, 3.63) is 51.2 Å². The molecule has 2 amide bonds. The second kappa shape index (κ2) is 8.64. The summed E-state index contributed by atoms with van der Waals surface area (Å²) in [7, 11) is 1.29. The van der Waals surface area contributed by atoms with Crippen molar-refractivity contribution in [3.63, 3.8) is 0 Å². The fourth-order valence-corrected chi connectivity index (χ4v) is 2.83. The predicted octanol–water partition coefficient (Wildman–Crippen LogP) is 3.34. The number of halogens is 1. The van der Waals surface area contributed by atoms with Crippen LogP contribution in [0.3, 0.4) is 0 Å². The molecule has 2 rings (SSSR count). The lowest BCUT2D eigenvalue weighted by Crippen LogP contribution is -2.34. The van der Waals surface area contributed by atoms with E-state index < -0.39 is 5.97 Å². The van der Waals surface area contributed by atoms with Crippen molar-refractivity contribution >= 4 is 46.4 Å². The monoisotopic (exact) mass is 380 g/mol. The van der Waals surface area contributed by atoms with E-state index in [0.717, 1.165) is 0 Å². The Kier molecular flexibility index (Phi) is 6.55. The number of rotatable bonds is 6. The molecule has 0 spiro atoms. The molecule has 0 aliphatic heterocycles. The quantitative estimate of drug-likeness (QED) is 0.753. The van der Waals surface area contributed by atoms with Crippen molar-refractivity contribution in [1.29, 1.82) is 0 Å². The topological polar surface area (TPSA) is 84.5 Å². The SMILES string of the molecule is COC(=O)CC(C)NC(=O)c1ccc(Cl)c(NC(=O)c2cccs2)c1. The van der Waals surface area contributed by atoms with E-state index in [4.69, 9.17) is 11.6 Å². The number of amides is 2. The van der Waals surface area contributed by atoms with Crippen molar-refractivity contribution in [3.8, 4) is 0 Å². The molecule has 1 atom stereocenters. The van der Waals surface area contributed by atoms with Crippen molar-refractivity contribution in [2.45, 2.75) is 19.4 Å². The molecule has 0 fully saturated rings. The zero-order valence-corrected chi connectivity index (χ0v) is 15.2. The number of esters is 1. The van der Waals surface area contributed by atoms with Gasteiger partial charge in [0.25, 0.3) is 11.8 Å². The van der Waals surface area contributed by atoms with Gasteiger partial charge >= 0.3 is 5.97 Å². The van der Waals surface area contributed by atoms with Gasteiger partial charge in [-0.1, -0.05) is 17.7 Å². The van der Waals surface area contributed by atoms with E-state index in [1.54, 1.807) is 30.5 Å². The molecular formula is C17H17ClN2O4S. The molecule has 6 nitrogen and oxygen atoms in total. The van der Waals surface area contributed by atoms with Crippen LogP contribution < -0.4 is 10.6 Å². The molecule has 0 aliphatic carbocycles. The van der Waals surface area contributed by atoms with E-state index >= 15 is 0 Å². The predicted molar refractivity (Wildman–Crippen MR) is 97.3 cm³/mol. The lowest BCUT2D eigenvalue weighted by molar-refractivity contribution is -0.141. The number of benzene rings is 1. The third kappa shape index (κ3) is 5.30. The molecule has 25 heavy (non-hydrogen) atoms. The highest BCUT2D eigenvalue weighted by atomic mass is 35.5. The molecular weight excluding hydrogens is 364 g/mol. The maximum absolute atomic E-state index is 12.3. The van der Waals surface area contributed by atoms with Gasteiger partial charge in [0.1, 0.15) is 0 Å². The highest BCUT2D eigenvalue weighted by Crippen LogP contribution is 2.24. The Hall–Kier alpha value is -2.38. The Labute approximate surface area is 154 Å². The molecule has 0 radical (unpaired) electrons. The van der Waals surface area contributed by atoms with Crippen LogP contribution in [0.2, 0.25) is 5.02 Å². The minimum atomic E-state index is -0.409. The second-order valence-electron chi connectivity index (χ2n) is 5.28. The number of hydrogen-bond acceptors (Lipinski definition) is 5. The molecule has 0 saturated carbocycles. The summed E-state index contributed by atoms with van der Waals surface area (Å²) in [6, 6.07) is 7.65. The number of carbonyl (C=O) groups is 3. The van der Waals surface area contributed by atoms with Gasteiger partial charge < -0.3 is 15.4 Å². The van der Waals surface area contributed by atoms with Gasteiger partial charge in [0.15, 0.2) is 0 Å². The number of methoxy groups -OCH3 is 1. The van der Waals surface area contributed by atoms with Crippen LogP contribution in [0.4, 0.5) is 5.69 Å². The van der Waals surface area contributed by atoms with Crippen LogP contribution in [0, 0.1) is 0 Å². The average Bonchev–Trinajstić information content (AvgIpc) is 3.11. The van der Waals surface area contributed by atoms with Crippen molar-refractivity contribution in [1.82, 2.24) is 5.32 Å². The van der Waals surface area contributed by atoms with Gasteiger partial charge in [-0.3, -0.25) is 14.4 Å². The normalized spacial score (nSPS) is 11.5. The summed E-state index contributed by atoms with van der Waals surface area (Å²) < 4.78 is 4.57. The number of thiophene rings is 1. The van der Waals surface area contributed by atoms with Crippen molar-refractivity contribution in [2.24, 2.45) is 0 Å². The van der Waals surface area contributed by atoms with Gasteiger partial charge in [-0.15, -0.1) is 11.3 Å². The Balaban J connectivity index is 2.08. The molecule has 1 aromatic heterocycles. The molecule has 1 aromatic carbocycles. The third-order valence-corrected chi connectivity index (χ3v) is 4.50. The maximum Gasteiger partial charge on any atom is 0.307 e. The van der Waals surface area contributed by atoms with E-state index in [2.05, 4.69) is 15.4 Å². The molecule has 0 aliphatic rings. The molecule has 1 unspecified atom stereocenters. The largest absolute Gasteiger partial charge is 0.469 e. The first-order chi connectivity index (χ1) is 11.9. The Morgan fingerprint density at radius 1 is 1.24 bits per heavy atom. The van der Waals surface area contributed by atoms with Gasteiger partial charge in [0.05, 0.1) is 29.1 Å². The Morgan fingerprint density at radius 3 is 2.64 bits per heavy atom. The van der Waals surface area contributed by atoms with Crippen LogP contribution in [0.1, 0.15) is 33.4 Å². The lowest BCUT2D eigenvalue weighted by atomic mass is 10.1. The first-order valence-corrected chi connectivity index (χ1v) is 8.68. The van der Waals surface area contributed by atoms with Gasteiger partial charge in [0.2, 0.25) is 0 Å². The lowest BCUT2D eigenvalue weighted by Gasteiger charge is -2.14. The summed E-state index contributed by atoms with van der Waals surface area (Å²) in [5.74, 6) is -1.08. The summed E-state index contributed by atoms with van der Waals surface area (Å²) in [6.45, 7) is 1.70. The standard InChI is InChI=1S/C17H17ClN2O4S/c1-10(8-15(21)24-2)19-16(22)11-5-6-12(18)13(9-11)20-17(23)14-4-3-7-25-14/h3-7,9-10H,8H2,1-2H3,(H,19,22)(H,20,23). The van der Waals surface area contributed by atoms with Gasteiger partial charge in [0, 0.05) is 11.6 Å². The number of hydrogen-bond donors (Lipinski definition) is 2. The molecule has 0 bridgehead atoms. The molecule has 8 heteroatoms. The summed E-state index contributed by atoms with van der Waals surface area (Å²) in [4.78, 5) is 36.2. The fourth-order valence-electron chi connectivity index (χ4n) is 2.05. The van der Waals surface area contributed by atoms with Gasteiger partial charge in [-0.25, -0.2) is 0 Å². The molecule has 132 valence electrons. The van der Waals surface area contributed by atoms with Gasteiger partial charge in [-0.2, -0.15) is 0 Å². The van der Waals surface area contributed by atoms with E-state index in [-0.39, 0.29) is 24.3 Å². The van der Waals surface area contributed by atoms with E-state index in [9.17, 15) is 14.4 Å². The van der Waals surface area contributed by atoms with Gasteiger partial charge in [-0.05, 0) is 36.6 Å². The average molecular weight is 381 g/mol. The van der Waals surface area contributed by atoms with Crippen LogP contribution in [0.25, 0.3) is 0 Å². The van der Waals surface area contributed by atoms with Crippen molar-refractivity contribution in [2.75, 3.05) is 12.4 Å². The van der Waals surface area contributed by atoms with Crippen LogP contribution in [0.15, 0.2) is 35.7 Å². The number of anilines is 1. The summed E-state index contributed by atoms with van der Waals surface area (Å²) in [5.41, 5.74) is 0.663. The molecule has 1 heterocycles.